The monoisotopic (exact) mass is 131 g/mol. The zero-order chi connectivity index (χ0) is 6.57. The summed E-state index contributed by atoms with van der Waals surface area (Å²) in [5, 5.41) is 1.89. The number of rotatable bonds is 2. The minimum absolute atomic E-state index is 0.114. The number of amides is 1. The maximum atomic E-state index is 10.3. The molecule has 2 radical (unpaired) electrons. The van der Waals surface area contributed by atoms with Gasteiger partial charge in [0.1, 0.15) is 0 Å². The second-order valence-corrected chi connectivity index (χ2v) is 1.48. The molecular formula is C5H6ClNO. The molecule has 0 rings (SSSR count). The average molecular weight is 132 g/mol. The number of hydrogen-bond acceptors (Lipinski definition) is 1. The van der Waals surface area contributed by atoms with E-state index in [4.69, 9.17) is 18.6 Å². The number of hydrogen-bond donors (Lipinski definition) is 1. The number of nitrogens with one attached hydrogen (secondary N) is 1. The Labute approximate surface area is 53.5 Å². The lowest BCUT2D eigenvalue weighted by molar-refractivity contribution is -0.116. The van der Waals surface area contributed by atoms with E-state index in [2.05, 4.69) is 6.58 Å². The molecular weight excluding hydrogens is 126 g/mol. The van der Waals surface area contributed by atoms with E-state index < -0.39 is 5.91 Å². The number of halogens is 1. The van der Waals surface area contributed by atoms with E-state index in [0.717, 1.165) is 0 Å². The van der Waals surface area contributed by atoms with Crippen LogP contribution in [0.1, 0.15) is 0 Å². The van der Waals surface area contributed by atoms with Crippen molar-refractivity contribution < 1.29 is 4.79 Å². The molecule has 0 aliphatic heterocycles. The highest BCUT2D eigenvalue weighted by Gasteiger charge is 1.99. The second-order valence-electron chi connectivity index (χ2n) is 1.21. The summed E-state index contributed by atoms with van der Waals surface area (Å²) in [4.78, 5) is 10.3. The molecule has 0 saturated carbocycles. The van der Waals surface area contributed by atoms with E-state index in [1.807, 2.05) is 5.32 Å². The molecule has 0 atom stereocenters. The van der Waals surface area contributed by atoms with Crippen molar-refractivity contribution in [2.24, 2.45) is 0 Å². The Morgan fingerprint density at radius 1 is 1.88 bits per heavy atom. The number of carbonyl (C=O) groups is 1. The van der Waals surface area contributed by atoms with Crippen molar-refractivity contribution in [1.82, 2.24) is 5.32 Å². The quantitative estimate of drug-likeness (QED) is 0.331. The number of alkyl halides is 1. The van der Waals surface area contributed by atoms with E-state index >= 15 is 0 Å². The third kappa shape index (κ3) is 1.98. The van der Waals surface area contributed by atoms with Crippen molar-refractivity contribution in [2.45, 2.75) is 0 Å². The lowest BCUT2D eigenvalue weighted by Gasteiger charge is -1.94. The summed E-state index contributed by atoms with van der Waals surface area (Å²) in [6.07, 6.45) is 0. The zero-order valence-corrected chi connectivity index (χ0v) is 5.03. The second kappa shape index (κ2) is 3.50. The average Bonchev–Trinajstić information content (AvgIpc) is 1.84. The minimum atomic E-state index is -0.417. The third-order valence-corrected chi connectivity index (χ3v) is 0.936. The Hall–Kier alpha value is -0.500. The smallest absolute Gasteiger partial charge is 0.248 e. The normalized spacial score (nSPS) is 8.25. The van der Waals surface area contributed by atoms with Crippen LogP contribution in [-0.4, -0.2) is 11.8 Å². The first-order valence-electron chi connectivity index (χ1n) is 1.97. The van der Waals surface area contributed by atoms with Gasteiger partial charge in [-0.25, -0.2) is 0 Å². The SMILES string of the molecule is [CH]NC(=O)C(=C)CCl. The molecule has 0 spiro atoms. The molecule has 0 aromatic rings. The molecule has 0 aliphatic carbocycles. The van der Waals surface area contributed by atoms with E-state index in [-0.39, 0.29) is 11.5 Å². The summed E-state index contributed by atoms with van der Waals surface area (Å²) in [5.74, 6) is -0.303. The molecule has 0 aromatic carbocycles. The molecule has 1 N–H and O–H groups in total. The fourth-order valence-corrected chi connectivity index (χ4v) is 0.284. The molecule has 0 saturated heterocycles. The molecule has 0 bridgehead atoms. The van der Waals surface area contributed by atoms with Crippen molar-refractivity contribution in [2.75, 3.05) is 5.88 Å². The van der Waals surface area contributed by atoms with Crippen molar-refractivity contribution in [3.05, 3.63) is 19.2 Å². The summed E-state index contributed by atoms with van der Waals surface area (Å²) in [6.45, 7) is 3.32. The van der Waals surface area contributed by atoms with Crippen molar-refractivity contribution in [3.8, 4) is 0 Å². The molecule has 1 amide bonds. The predicted octanol–water partition coefficient (Wildman–Crippen LogP) is 0.566. The molecule has 3 heteroatoms. The highest BCUT2D eigenvalue weighted by atomic mass is 35.5. The van der Waals surface area contributed by atoms with Crippen LogP contribution >= 0.6 is 11.6 Å². The minimum Gasteiger partial charge on any atom is -0.345 e. The zero-order valence-electron chi connectivity index (χ0n) is 4.28. The Kier molecular flexibility index (Phi) is 3.28. The standard InChI is InChI=1S/C5H6ClNO/c1-4(3-6)5(8)7-2/h2H,1,3H2,(H,7,8). The van der Waals surface area contributed by atoms with Gasteiger partial charge in [0.2, 0.25) is 5.91 Å². The first-order valence-corrected chi connectivity index (χ1v) is 2.50. The van der Waals surface area contributed by atoms with Crippen LogP contribution < -0.4 is 5.32 Å². The van der Waals surface area contributed by atoms with Crippen LogP contribution in [0.5, 0.6) is 0 Å². The maximum absolute atomic E-state index is 10.3. The summed E-state index contributed by atoms with van der Waals surface area (Å²) in [6, 6.07) is 0. The van der Waals surface area contributed by atoms with Crippen LogP contribution in [0.3, 0.4) is 0 Å². The van der Waals surface area contributed by atoms with Crippen LogP contribution in [0.4, 0.5) is 0 Å². The van der Waals surface area contributed by atoms with Gasteiger partial charge in [-0.2, -0.15) is 0 Å². The summed E-state index contributed by atoms with van der Waals surface area (Å²) in [7, 11) is 4.73. The van der Waals surface area contributed by atoms with Crippen molar-refractivity contribution >= 4 is 17.5 Å². The topological polar surface area (TPSA) is 29.1 Å². The third-order valence-electron chi connectivity index (χ3n) is 0.614. The summed E-state index contributed by atoms with van der Waals surface area (Å²) >= 11 is 5.21. The Balaban J connectivity index is 3.64. The van der Waals surface area contributed by atoms with Crippen LogP contribution in [-0.2, 0) is 4.79 Å². The molecule has 0 unspecified atom stereocenters. The van der Waals surface area contributed by atoms with Crippen LogP contribution in [0.15, 0.2) is 12.2 Å². The Bertz CT molecular complexity index is 97.0. The molecule has 0 aliphatic rings. The van der Waals surface area contributed by atoms with E-state index in [0.29, 0.717) is 0 Å². The van der Waals surface area contributed by atoms with Gasteiger partial charge in [0.25, 0.3) is 0 Å². The molecule has 0 fully saturated rings. The first-order chi connectivity index (χ1) is 3.72. The van der Waals surface area contributed by atoms with Gasteiger partial charge in [0.15, 0.2) is 0 Å². The summed E-state index contributed by atoms with van der Waals surface area (Å²) in [5.41, 5.74) is 0.272. The van der Waals surface area contributed by atoms with Gasteiger partial charge < -0.3 is 5.32 Å². The molecule has 2 nitrogen and oxygen atoms in total. The van der Waals surface area contributed by atoms with E-state index in [1.165, 1.54) is 0 Å². The first kappa shape index (κ1) is 7.50. The fourth-order valence-electron chi connectivity index (χ4n) is 0.163. The fraction of sp³-hybridized carbons (Fsp3) is 0.200. The van der Waals surface area contributed by atoms with Gasteiger partial charge in [0.05, 0.1) is 12.9 Å². The van der Waals surface area contributed by atoms with E-state index in [1.54, 1.807) is 0 Å². The predicted molar refractivity (Wildman–Crippen MR) is 32.3 cm³/mol. The van der Waals surface area contributed by atoms with Crippen LogP contribution in [0.25, 0.3) is 0 Å². The van der Waals surface area contributed by atoms with Crippen molar-refractivity contribution in [3.63, 3.8) is 0 Å². The highest BCUT2D eigenvalue weighted by Crippen LogP contribution is 1.91. The van der Waals surface area contributed by atoms with Gasteiger partial charge >= 0.3 is 0 Å². The number of carbonyl (C=O) groups excluding carboxylic acids is 1. The largest absolute Gasteiger partial charge is 0.345 e. The summed E-state index contributed by atoms with van der Waals surface area (Å²) < 4.78 is 0. The van der Waals surface area contributed by atoms with Crippen molar-refractivity contribution in [1.29, 1.82) is 0 Å². The van der Waals surface area contributed by atoms with Gasteiger partial charge in [-0.15, -0.1) is 11.6 Å². The van der Waals surface area contributed by atoms with Gasteiger partial charge in [-0.05, 0) is 0 Å². The van der Waals surface area contributed by atoms with Crippen LogP contribution in [0.2, 0.25) is 0 Å². The van der Waals surface area contributed by atoms with Gasteiger partial charge in [-0.1, -0.05) is 6.58 Å². The molecule has 8 heavy (non-hydrogen) atoms. The van der Waals surface area contributed by atoms with Crippen LogP contribution in [0, 0.1) is 7.05 Å². The highest BCUT2D eigenvalue weighted by molar-refractivity contribution is 6.22. The Morgan fingerprint density at radius 3 is 2.50 bits per heavy atom. The molecule has 0 heterocycles. The van der Waals surface area contributed by atoms with Gasteiger partial charge in [0, 0.05) is 5.57 Å². The molecule has 0 aromatic heterocycles. The lowest BCUT2D eigenvalue weighted by Crippen LogP contribution is -2.17. The molecule has 44 valence electrons. The maximum Gasteiger partial charge on any atom is 0.248 e. The lowest BCUT2D eigenvalue weighted by atomic mass is 10.3. The Morgan fingerprint density at radius 2 is 2.38 bits per heavy atom. The van der Waals surface area contributed by atoms with E-state index in [9.17, 15) is 4.79 Å². The van der Waals surface area contributed by atoms with Gasteiger partial charge in [-0.3, -0.25) is 4.79 Å².